The van der Waals surface area contributed by atoms with Crippen LogP contribution in [0.15, 0.2) is 87.5 Å². The van der Waals surface area contributed by atoms with Crippen molar-refractivity contribution >= 4 is 35.3 Å². The Labute approximate surface area is 240 Å². The number of hydrogen-bond acceptors (Lipinski definition) is 6. The molecule has 3 nitrogen and oxygen atoms in total. The summed E-state index contributed by atoms with van der Waals surface area (Å²) < 4.78 is 0. The number of nitriles is 3. The van der Waals surface area contributed by atoms with Crippen molar-refractivity contribution in [1.82, 2.24) is 0 Å². The Morgan fingerprint density at radius 2 is 0.795 bits per heavy atom. The quantitative estimate of drug-likeness (QED) is 0.252. The molecule has 0 bridgehead atoms. The van der Waals surface area contributed by atoms with Crippen LogP contribution in [0.3, 0.4) is 0 Å². The van der Waals surface area contributed by atoms with Crippen LogP contribution in [-0.2, 0) is 19.3 Å². The van der Waals surface area contributed by atoms with Crippen molar-refractivity contribution in [3.05, 3.63) is 123 Å². The molecule has 0 fully saturated rings. The molecule has 0 radical (unpaired) electrons. The van der Waals surface area contributed by atoms with E-state index in [0.717, 1.165) is 36.0 Å². The van der Waals surface area contributed by atoms with Crippen molar-refractivity contribution in [2.45, 2.75) is 49.7 Å². The molecule has 3 aliphatic rings. The molecule has 0 saturated carbocycles. The van der Waals surface area contributed by atoms with Crippen molar-refractivity contribution < 1.29 is 0 Å². The molecular formula is C33H21N3S3. The van der Waals surface area contributed by atoms with Gasteiger partial charge in [-0.15, -0.1) is 35.3 Å². The second-order valence-corrected chi connectivity index (χ2v) is 13.7. The van der Waals surface area contributed by atoms with Gasteiger partial charge in [0.2, 0.25) is 0 Å². The normalized spacial score (nSPS) is 20.4. The monoisotopic (exact) mass is 555 g/mol. The van der Waals surface area contributed by atoms with Gasteiger partial charge in [-0.25, -0.2) is 0 Å². The number of fused-ring (bicyclic) bond motifs is 3. The molecule has 0 aliphatic carbocycles. The van der Waals surface area contributed by atoms with E-state index in [1.165, 1.54) is 31.4 Å². The predicted molar refractivity (Wildman–Crippen MR) is 157 cm³/mol. The molecule has 4 aromatic rings. The molecule has 0 N–H and O–H groups in total. The Hall–Kier alpha value is -3.60. The first kappa shape index (κ1) is 24.4. The van der Waals surface area contributed by atoms with E-state index in [2.05, 4.69) is 72.8 Å². The molecule has 3 aliphatic heterocycles. The number of hydrogen-bond donors (Lipinski definition) is 0. The zero-order chi connectivity index (χ0) is 26.5. The summed E-state index contributed by atoms with van der Waals surface area (Å²) in [6, 6.07) is 32.6. The number of nitrogens with zero attached hydrogens (tertiary/aromatic N) is 3. The van der Waals surface area contributed by atoms with Crippen molar-refractivity contribution in [3.63, 3.8) is 0 Å². The zero-order valence-corrected chi connectivity index (χ0v) is 23.3. The van der Waals surface area contributed by atoms with Gasteiger partial charge in [0.05, 0.1) is 22.8 Å². The summed E-state index contributed by atoms with van der Waals surface area (Å²) in [5, 5.41) is 31.9. The van der Waals surface area contributed by atoms with Gasteiger partial charge >= 0.3 is 0 Å². The van der Waals surface area contributed by atoms with Crippen LogP contribution in [0.25, 0.3) is 0 Å². The molecule has 0 amide bonds. The summed E-state index contributed by atoms with van der Waals surface area (Å²) in [7, 11) is 0. The van der Waals surface area contributed by atoms with Gasteiger partial charge in [-0.1, -0.05) is 54.6 Å². The third-order valence-corrected chi connectivity index (χ3v) is 11.9. The highest BCUT2D eigenvalue weighted by Crippen LogP contribution is 2.57. The van der Waals surface area contributed by atoms with E-state index in [4.69, 9.17) is 0 Å². The number of thioether (sulfide) groups is 3. The van der Waals surface area contributed by atoms with Gasteiger partial charge in [0, 0.05) is 36.0 Å². The van der Waals surface area contributed by atoms with Crippen LogP contribution in [0, 0.1) is 34.0 Å². The van der Waals surface area contributed by atoms with E-state index >= 15 is 0 Å². The maximum atomic E-state index is 10.8. The molecule has 3 atom stereocenters. The van der Waals surface area contributed by atoms with Crippen LogP contribution in [0.1, 0.15) is 65.8 Å². The summed E-state index contributed by atoms with van der Waals surface area (Å²) in [5.74, 6) is 0. The zero-order valence-electron chi connectivity index (χ0n) is 20.8. The molecule has 3 heterocycles. The van der Waals surface area contributed by atoms with Crippen LogP contribution >= 0.6 is 35.3 Å². The molecule has 7 rings (SSSR count). The Morgan fingerprint density at radius 3 is 1.18 bits per heavy atom. The van der Waals surface area contributed by atoms with Gasteiger partial charge in [-0.05, 0) is 65.3 Å². The smallest absolute Gasteiger partial charge is 0.101 e. The van der Waals surface area contributed by atoms with Gasteiger partial charge in [-0.3, -0.25) is 0 Å². The van der Waals surface area contributed by atoms with E-state index < -0.39 is 0 Å². The molecule has 6 heteroatoms. The highest BCUT2D eigenvalue weighted by molar-refractivity contribution is 8.00. The maximum Gasteiger partial charge on any atom is 0.101 e. The summed E-state index contributed by atoms with van der Waals surface area (Å²) in [4.78, 5) is 3.62. The van der Waals surface area contributed by atoms with Crippen molar-refractivity contribution in [3.8, 4) is 18.2 Å². The molecule has 0 saturated heterocycles. The van der Waals surface area contributed by atoms with Crippen molar-refractivity contribution in [2.75, 3.05) is 0 Å². The maximum absolute atomic E-state index is 10.8. The van der Waals surface area contributed by atoms with Crippen LogP contribution in [0.5, 0.6) is 0 Å². The molecule has 3 unspecified atom stereocenters. The van der Waals surface area contributed by atoms with Crippen LogP contribution in [0.4, 0.5) is 0 Å². The van der Waals surface area contributed by atoms with Gasteiger partial charge in [0.1, 0.15) is 12.1 Å². The number of rotatable bonds is 3. The summed E-state index contributed by atoms with van der Waals surface area (Å²) in [5.41, 5.74) is 7.81. The van der Waals surface area contributed by atoms with Gasteiger partial charge in [0.15, 0.2) is 0 Å². The first-order valence-corrected chi connectivity index (χ1v) is 15.5. The summed E-state index contributed by atoms with van der Waals surface area (Å²) in [6.45, 7) is 0. The fourth-order valence-electron chi connectivity index (χ4n) is 6.18. The Morgan fingerprint density at radius 1 is 0.462 bits per heavy atom. The molecule has 0 spiro atoms. The predicted octanol–water partition coefficient (Wildman–Crippen LogP) is 8.47. The molecular weight excluding hydrogens is 535 g/mol. The third kappa shape index (κ3) is 3.97. The topological polar surface area (TPSA) is 71.4 Å². The van der Waals surface area contributed by atoms with E-state index in [1.54, 1.807) is 35.3 Å². The molecule has 39 heavy (non-hydrogen) atoms. The summed E-state index contributed by atoms with van der Waals surface area (Å²) >= 11 is 5.26. The van der Waals surface area contributed by atoms with E-state index in [1.807, 2.05) is 18.2 Å². The third-order valence-electron chi connectivity index (χ3n) is 7.86. The lowest BCUT2D eigenvalue weighted by molar-refractivity contribution is 0.859. The average molecular weight is 556 g/mol. The average Bonchev–Trinajstić information content (AvgIpc) is 3.71. The minimum Gasteiger partial charge on any atom is -0.192 e. The Bertz CT molecular complexity index is 1710. The number of benzene rings is 4. The van der Waals surface area contributed by atoms with Gasteiger partial charge in [-0.2, -0.15) is 15.8 Å². The van der Waals surface area contributed by atoms with Crippen LogP contribution in [0.2, 0.25) is 0 Å². The fourth-order valence-corrected chi connectivity index (χ4v) is 10.3. The van der Waals surface area contributed by atoms with Crippen molar-refractivity contribution in [1.29, 1.82) is 15.8 Å². The molecule has 186 valence electrons. The summed E-state index contributed by atoms with van der Waals surface area (Å²) in [6.07, 6.45) is 2.34. The van der Waals surface area contributed by atoms with E-state index in [-0.39, 0.29) is 15.7 Å². The highest BCUT2D eigenvalue weighted by Gasteiger charge is 2.40. The largest absolute Gasteiger partial charge is 0.192 e. The molecule has 0 aromatic heterocycles. The Balaban J connectivity index is 1.46. The lowest BCUT2D eigenvalue weighted by Crippen LogP contribution is -2.15. The van der Waals surface area contributed by atoms with Gasteiger partial charge < -0.3 is 0 Å². The molecule has 4 aromatic carbocycles. The minimum atomic E-state index is -0.0752. The lowest BCUT2D eigenvalue weighted by Gasteiger charge is -2.27. The van der Waals surface area contributed by atoms with Gasteiger partial charge in [0.25, 0.3) is 0 Å². The second kappa shape index (κ2) is 9.86. The lowest BCUT2D eigenvalue weighted by atomic mass is 9.81. The second-order valence-electron chi connectivity index (χ2n) is 9.96. The van der Waals surface area contributed by atoms with Crippen LogP contribution < -0.4 is 0 Å². The van der Waals surface area contributed by atoms with Crippen molar-refractivity contribution in [2.24, 2.45) is 0 Å². The van der Waals surface area contributed by atoms with Crippen LogP contribution in [-0.4, -0.2) is 0 Å². The first-order chi connectivity index (χ1) is 19.2. The van der Waals surface area contributed by atoms with E-state index in [9.17, 15) is 15.8 Å². The highest BCUT2D eigenvalue weighted by atomic mass is 32.2. The standard InChI is InChI=1S/C33H21N3S3/c34-16-22-23(17-35)32(29-14-20-8-2-5-11-26(20)38-29)33(30-15-21-9-3-6-12-27(21)39-30)24(18-36)31(22)28-13-19-7-1-4-10-25(19)37-28/h1-12,28-30H,13-15H2. The van der Waals surface area contributed by atoms with E-state index in [0.29, 0.717) is 16.7 Å². The first-order valence-electron chi connectivity index (χ1n) is 12.9. The fraction of sp³-hybridized carbons (Fsp3) is 0.182. The SMILES string of the molecule is N#Cc1c(C#N)c(C2Cc3ccccc3S2)c(C2Cc3ccccc3S2)c(C#N)c1C1Cc2ccccc2S1. The minimum absolute atomic E-state index is 0.0157. The Kier molecular flexibility index (Phi) is 6.18.